The van der Waals surface area contributed by atoms with Gasteiger partial charge in [0.1, 0.15) is 10.7 Å². The van der Waals surface area contributed by atoms with E-state index in [9.17, 15) is 0 Å². The first kappa shape index (κ1) is 15.5. The number of thiazole rings is 1. The van der Waals surface area contributed by atoms with Gasteiger partial charge in [0.25, 0.3) is 0 Å². The number of hydrogen-bond donors (Lipinski definition) is 0. The highest BCUT2D eigenvalue weighted by molar-refractivity contribution is 7.13. The minimum Gasteiger partial charge on any atom is -0.299 e. The lowest BCUT2D eigenvalue weighted by Gasteiger charge is -2.17. The van der Waals surface area contributed by atoms with Gasteiger partial charge >= 0.3 is 0 Å². The molecular weight excluding hydrogens is 318 g/mol. The maximum Gasteiger partial charge on any atom is 0.145 e. The fourth-order valence-corrected chi connectivity index (χ4v) is 3.92. The van der Waals surface area contributed by atoms with E-state index in [4.69, 9.17) is 0 Å². The predicted octanol–water partition coefficient (Wildman–Crippen LogP) is 3.23. The molecule has 1 aromatic carbocycles. The first-order chi connectivity index (χ1) is 11.8. The van der Waals surface area contributed by atoms with Crippen LogP contribution in [0.2, 0.25) is 0 Å². The van der Waals surface area contributed by atoms with Gasteiger partial charge in [-0.25, -0.2) is 4.98 Å². The second kappa shape index (κ2) is 6.83. The van der Waals surface area contributed by atoms with E-state index in [1.165, 1.54) is 17.5 Å². The summed E-state index contributed by atoms with van der Waals surface area (Å²) in [5, 5.41) is 11.4. The molecule has 1 aliphatic rings. The van der Waals surface area contributed by atoms with Crippen LogP contribution < -0.4 is 0 Å². The number of hydrogen-bond acceptors (Lipinski definition) is 5. The van der Waals surface area contributed by atoms with E-state index in [0.29, 0.717) is 5.92 Å². The average Bonchev–Trinajstić information content (AvgIpc) is 3.32. The molecule has 0 radical (unpaired) electrons. The maximum atomic E-state index is 4.29. The predicted molar refractivity (Wildman–Crippen MR) is 95.7 cm³/mol. The van der Waals surface area contributed by atoms with E-state index in [-0.39, 0.29) is 0 Å². The second-order valence-corrected chi connectivity index (χ2v) is 7.37. The molecule has 0 unspecified atom stereocenters. The molecule has 0 aliphatic carbocycles. The highest BCUT2D eigenvalue weighted by atomic mass is 32.1. The summed E-state index contributed by atoms with van der Waals surface area (Å²) in [5.74, 6) is 0.639. The number of nitrogens with zero attached hydrogens (tertiary/aromatic N) is 5. The molecule has 0 saturated carbocycles. The molecule has 2 aromatic heterocycles. The zero-order chi connectivity index (χ0) is 16.4. The molecule has 24 heavy (non-hydrogen) atoms. The van der Waals surface area contributed by atoms with Crippen LogP contribution in [0.1, 0.15) is 17.5 Å². The van der Waals surface area contributed by atoms with E-state index in [0.717, 1.165) is 36.9 Å². The van der Waals surface area contributed by atoms with Gasteiger partial charge in [-0.05, 0) is 36.9 Å². The van der Waals surface area contributed by atoms with Gasteiger partial charge < -0.3 is 0 Å². The molecule has 124 valence electrons. The van der Waals surface area contributed by atoms with Crippen LogP contribution in [-0.4, -0.2) is 38.0 Å². The molecule has 0 spiro atoms. The number of rotatable bonds is 5. The Morgan fingerprint density at radius 2 is 2.21 bits per heavy atom. The minimum absolute atomic E-state index is 0.639. The SMILES string of the molecule is Cc1ccccc1CN1CC[C@@H](Cn2cc(-c3nccs3)nn2)C1. The standard InChI is InChI=1S/C18H21N5S/c1-14-4-2-3-5-16(14)12-22-8-6-15(10-22)11-23-13-17(20-21-23)18-19-7-9-24-18/h2-5,7,9,13,15H,6,8,10-12H2,1H3/t15-/m1/s1. The summed E-state index contributed by atoms with van der Waals surface area (Å²) < 4.78 is 1.97. The Morgan fingerprint density at radius 1 is 1.29 bits per heavy atom. The molecule has 1 saturated heterocycles. The third-order valence-corrected chi connectivity index (χ3v) is 5.46. The van der Waals surface area contributed by atoms with E-state index in [1.54, 1.807) is 17.5 Å². The Morgan fingerprint density at radius 3 is 3.04 bits per heavy atom. The molecule has 6 heteroatoms. The zero-order valence-corrected chi connectivity index (χ0v) is 14.6. The van der Waals surface area contributed by atoms with Gasteiger partial charge in [-0.15, -0.1) is 16.4 Å². The molecule has 3 heterocycles. The monoisotopic (exact) mass is 339 g/mol. The van der Waals surface area contributed by atoms with Crippen molar-refractivity contribution in [1.29, 1.82) is 0 Å². The number of aromatic nitrogens is 4. The van der Waals surface area contributed by atoms with E-state index in [2.05, 4.69) is 51.4 Å². The molecule has 5 nitrogen and oxygen atoms in total. The zero-order valence-electron chi connectivity index (χ0n) is 13.8. The van der Waals surface area contributed by atoms with Crippen molar-refractivity contribution in [3.8, 4) is 10.7 Å². The van der Waals surface area contributed by atoms with Crippen molar-refractivity contribution >= 4 is 11.3 Å². The van der Waals surface area contributed by atoms with Gasteiger partial charge in [-0.1, -0.05) is 29.5 Å². The Hall–Kier alpha value is -2.05. The molecule has 0 N–H and O–H groups in total. The van der Waals surface area contributed by atoms with Gasteiger partial charge in [0.2, 0.25) is 0 Å². The molecule has 3 aromatic rings. The lowest BCUT2D eigenvalue weighted by Crippen LogP contribution is -2.22. The van der Waals surface area contributed by atoms with E-state index < -0.39 is 0 Å². The summed E-state index contributed by atoms with van der Waals surface area (Å²) in [6.45, 7) is 6.46. The summed E-state index contributed by atoms with van der Waals surface area (Å²) >= 11 is 1.60. The highest BCUT2D eigenvalue weighted by Crippen LogP contribution is 2.23. The summed E-state index contributed by atoms with van der Waals surface area (Å²) in [6.07, 6.45) is 5.04. The Bertz CT molecular complexity index is 795. The van der Waals surface area contributed by atoms with Crippen LogP contribution in [0.5, 0.6) is 0 Å². The van der Waals surface area contributed by atoms with E-state index >= 15 is 0 Å². The fourth-order valence-electron chi connectivity index (χ4n) is 3.33. The van der Waals surface area contributed by atoms with Gasteiger partial charge in [0.15, 0.2) is 0 Å². The fraction of sp³-hybridized carbons (Fsp3) is 0.389. The minimum atomic E-state index is 0.639. The summed E-state index contributed by atoms with van der Waals surface area (Å²) in [6, 6.07) is 8.67. The average molecular weight is 339 g/mol. The molecular formula is C18H21N5S. The summed E-state index contributed by atoms with van der Waals surface area (Å²) in [7, 11) is 0. The normalized spacial score (nSPS) is 18.3. The van der Waals surface area contributed by atoms with Gasteiger partial charge in [-0.3, -0.25) is 9.58 Å². The Labute approximate surface area is 146 Å². The van der Waals surface area contributed by atoms with Gasteiger partial charge in [-0.2, -0.15) is 0 Å². The molecule has 0 bridgehead atoms. The number of aryl methyl sites for hydroxylation is 1. The van der Waals surface area contributed by atoms with Crippen molar-refractivity contribution in [3.63, 3.8) is 0 Å². The van der Waals surface area contributed by atoms with Crippen LogP contribution in [0.3, 0.4) is 0 Å². The Kier molecular flexibility index (Phi) is 4.40. The van der Waals surface area contributed by atoms with Gasteiger partial charge in [0, 0.05) is 31.2 Å². The van der Waals surface area contributed by atoms with Crippen molar-refractivity contribution < 1.29 is 0 Å². The van der Waals surface area contributed by atoms with Crippen LogP contribution in [0.4, 0.5) is 0 Å². The van der Waals surface area contributed by atoms with Crippen LogP contribution in [0.25, 0.3) is 10.7 Å². The van der Waals surface area contributed by atoms with Crippen molar-refractivity contribution in [1.82, 2.24) is 24.9 Å². The van der Waals surface area contributed by atoms with Crippen molar-refractivity contribution in [3.05, 3.63) is 53.2 Å². The van der Waals surface area contributed by atoms with Crippen LogP contribution in [0.15, 0.2) is 42.0 Å². The first-order valence-electron chi connectivity index (χ1n) is 8.35. The van der Waals surface area contributed by atoms with Crippen molar-refractivity contribution in [2.45, 2.75) is 26.4 Å². The van der Waals surface area contributed by atoms with Gasteiger partial charge in [0.05, 0.1) is 6.20 Å². The summed E-state index contributed by atoms with van der Waals surface area (Å²) in [5.41, 5.74) is 3.69. The first-order valence-corrected chi connectivity index (χ1v) is 9.23. The topological polar surface area (TPSA) is 46.8 Å². The molecule has 0 amide bonds. The Balaban J connectivity index is 1.35. The molecule has 1 atom stereocenters. The van der Waals surface area contributed by atoms with Crippen LogP contribution >= 0.6 is 11.3 Å². The molecule has 4 rings (SSSR count). The maximum absolute atomic E-state index is 4.29. The van der Waals surface area contributed by atoms with Crippen LogP contribution in [-0.2, 0) is 13.1 Å². The van der Waals surface area contributed by atoms with Crippen molar-refractivity contribution in [2.75, 3.05) is 13.1 Å². The third kappa shape index (κ3) is 3.39. The number of likely N-dealkylation sites (tertiary alicyclic amines) is 1. The lowest BCUT2D eigenvalue weighted by molar-refractivity contribution is 0.305. The van der Waals surface area contributed by atoms with Crippen LogP contribution in [0, 0.1) is 12.8 Å². The second-order valence-electron chi connectivity index (χ2n) is 6.48. The lowest BCUT2D eigenvalue weighted by atomic mass is 10.1. The smallest absolute Gasteiger partial charge is 0.145 e. The highest BCUT2D eigenvalue weighted by Gasteiger charge is 2.23. The number of benzene rings is 1. The molecule has 1 fully saturated rings. The van der Waals surface area contributed by atoms with Crippen molar-refractivity contribution in [2.24, 2.45) is 5.92 Å². The van der Waals surface area contributed by atoms with E-state index in [1.807, 2.05) is 16.3 Å². The summed E-state index contributed by atoms with van der Waals surface area (Å²) in [4.78, 5) is 6.84. The quantitative estimate of drug-likeness (QED) is 0.716. The largest absolute Gasteiger partial charge is 0.299 e. The third-order valence-electron chi connectivity index (χ3n) is 4.66. The molecule has 1 aliphatic heterocycles.